The summed E-state index contributed by atoms with van der Waals surface area (Å²) in [6.45, 7) is 0. The van der Waals surface area contributed by atoms with Crippen molar-refractivity contribution in [1.82, 2.24) is 15.0 Å². The van der Waals surface area contributed by atoms with Gasteiger partial charge in [0.25, 0.3) is 0 Å². The summed E-state index contributed by atoms with van der Waals surface area (Å²) in [5.41, 5.74) is 1.10. The summed E-state index contributed by atoms with van der Waals surface area (Å²) in [7, 11) is 1.70. The highest BCUT2D eigenvalue weighted by molar-refractivity contribution is 14.1. The van der Waals surface area contributed by atoms with Gasteiger partial charge in [-0.15, -0.1) is 5.10 Å². The zero-order chi connectivity index (χ0) is 11.7. The molecule has 2 aromatic rings. The minimum atomic E-state index is -0.0853. The van der Waals surface area contributed by atoms with Gasteiger partial charge in [-0.1, -0.05) is 21.1 Å². The molecule has 0 atom stereocenters. The molecule has 4 nitrogen and oxygen atoms in total. The lowest BCUT2D eigenvalue weighted by molar-refractivity contribution is 0.102. The Morgan fingerprint density at radius 3 is 2.88 bits per heavy atom. The van der Waals surface area contributed by atoms with Gasteiger partial charge < -0.3 is 0 Å². The molecule has 0 N–H and O–H groups in total. The van der Waals surface area contributed by atoms with Crippen LogP contribution in [0.5, 0.6) is 0 Å². The minimum absolute atomic E-state index is 0.0853. The van der Waals surface area contributed by atoms with E-state index in [1.807, 2.05) is 18.2 Å². The van der Waals surface area contributed by atoms with Gasteiger partial charge in [0.15, 0.2) is 0 Å². The maximum Gasteiger partial charge on any atom is 0.213 e. The fourth-order valence-corrected chi connectivity index (χ4v) is 2.22. The number of aryl methyl sites for hydroxylation is 1. The SMILES string of the molecule is Cn1nncc1C(=O)c1cc(I)ccc1Br. The second kappa shape index (κ2) is 4.62. The first-order chi connectivity index (χ1) is 7.59. The first-order valence-corrected chi connectivity index (χ1v) is 6.31. The van der Waals surface area contributed by atoms with Crippen LogP contribution in [-0.4, -0.2) is 20.8 Å². The van der Waals surface area contributed by atoms with Crippen LogP contribution in [0, 0.1) is 3.57 Å². The summed E-state index contributed by atoms with van der Waals surface area (Å²) in [5, 5.41) is 7.44. The average molecular weight is 392 g/mol. The zero-order valence-corrected chi connectivity index (χ0v) is 12.1. The van der Waals surface area contributed by atoms with Gasteiger partial charge in [0.2, 0.25) is 5.78 Å². The number of halogens is 2. The number of hydrogen-bond donors (Lipinski definition) is 0. The van der Waals surface area contributed by atoms with Gasteiger partial charge in [0, 0.05) is 20.7 Å². The molecule has 0 spiro atoms. The van der Waals surface area contributed by atoms with Crippen LogP contribution < -0.4 is 0 Å². The van der Waals surface area contributed by atoms with Gasteiger partial charge in [0.1, 0.15) is 5.69 Å². The molecule has 0 amide bonds. The van der Waals surface area contributed by atoms with Crippen LogP contribution in [0.15, 0.2) is 28.9 Å². The number of carbonyl (C=O) groups excluding carboxylic acids is 1. The molecule has 6 heteroatoms. The number of benzene rings is 1. The molecule has 0 fully saturated rings. The lowest BCUT2D eigenvalue weighted by Gasteiger charge is -2.03. The molecule has 0 unspecified atom stereocenters. The van der Waals surface area contributed by atoms with E-state index in [0.29, 0.717) is 11.3 Å². The predicted octanol–water partition coefficient (Wildman–Crippen LogP) is 2.41. The quantitative estimate of drug-likeness (QED) is 0.583. The van der Waals surface area contributed by atoms with Gasteiger partial charge in [-0.2, -0.15) is 0 Å². The molecule has 0 saturated heterocycles. The highest BCUT2D eigenvalue weighted by atomic mass is 127. The van der Waals surface area contributed by atoms with Crippen molar-refractivity contribution in [2.24, 2.45) is 7.05 Å². The molecule has 1 aromatic heterocycles. The first-order valence-electron chi connectivity index (χ1n) is 4.44. The molecule has 0 aliphatic heterocycles. The Labute approximate surface area is 114 Å². The van der Waals surface area contributed by atoms with Crippen molar-refractivity contribution >= 4 is 44.3 Å². The third-order valence-electron chi connectivity index (χ3n) is 2.12. The van der Waals surface area contributed by atoms with Crippen molar-refractivity contribution in [3.05, 3.63) is 43.7 Å². The molecule has 0 radical (unpaired) electrons. The second-order valence-corrected chi connectivity index (χ2v) is 5.30. The van der Waals surface area contributed by atoms with Crippen LogP contribution in [0.1, 0.15) is 16.1 Å². The molecule has 0 saturated carbocycles. The van der Waals surface area contributed by atoms with Gasteiger partial charge >= 0.3 is 0 Å². The van der Waals surface area contributed by atoms with Gasteiger partial charge in [-0.05, 0) is 40.8 Å². The number of hydrogen-bond acceptors (Lipinski definition) is 3. The molecular formula is C10H7BrIN3O. The van der Waals surface area contributed by atoms with E-state index in [4.69, 9.17) is 0 Å². The van der Waals surface area contributed by atoms with Gasteiger partial charge in [0.05, 0.1) is 6.20 Å². The van der Waals surface area contributed by atoms with Crippen molar-refractivity contribution in [3.8, 4) is 0 Å². The summed E-state index contributed by atoms with van der Waals surface area (Å²) in [5.74, 6) is -0.0853. The third-order valence-corrected chi connectivity index (χ3v) is 3.48. The number of carbonyl (C=O) groups is 1. The fourth-order valence-electron chi connectivity index (χ4n) is 1.30. The largest absolute Gasteiger partial charge is 0.287 e. The van der Waals surface area contributed by atoms with Crippen LogP contribution in [0.4, 0.5) is 0 Å². The molecule has 0 aliphatic carbocycles. The van der Waals surface area contributed by atoms with E-state index in [9.17, 15) is 4.79 Å². The Balaban J connectivity index is 2.49. The molecule has 0 aliphatic rings. The van der Waals surface area contributed by atoms with Crippen LogP contribution in [0.2, 0.25) is 0 Å². The van der Waals surface area contributed by atoms with Gasteiger partial charge in [-0.3, -0.25) is 4.79 Å². The maximum atomic E-state index is 12.2. The summed E-state index contributed by atoms with van der Waals surface area (Å²) < 4.78 is 3.26. The van der Waals surface area contributed by atoms with Crippen molar-refractivity contribution < 1.29 is 4.79 Å². The number of ketones is 1. The molecule has 82 valence electrons. The second-order valence-electron chi connectivity index (χ2n) is 3.20. The molecule has 16 heavy (non-hydrogen) atoms. The lowest BCUT2D eigenvalue weighted by Crippen LogP contribution is -2.09. The smallest absolute Gasteiger partial charge is 0.213 e. The van der Waals surface area contributed by atoms with Crippen molar-refractivity contribution in [2.45, 2.75) is 0 Å². The molecule has 1 aromatic carbocycles. The van der Waals surface area contributed by atoms with Crippen LogP contribution >= 0.6 is 38.5 Å². The van der Waals surface area contributed by atoms with Crippen molar-refractivity contribution in [3.63, 3.8) is 0 Å². The summed E-state index contributed by atoms with van der Waals surface area (Å²) >= 11 is 5.54. The minimum Gasteiger partial charge on any atom is -0.287 e. The van der Waals surface area contributed by atoms with Crippen LogP contribution in [-0.2, 0) is 7.05 Å². The Kier molecular flexibility index (Phi) is 3.38. The van der Waals surface area contributed by atoms with E-state index in [-0.39, 0.29) is 5.78 Å². The van der Waals surface area contributed by atoms with E-state index in [1.165, 1.54) is 10.9 Å². The normalized spacial score (nSPS) is 10.4. The Bertz CT molecular complexity index is 553. The van der Waals surface area contributed by atoms with E-state index in [0.717, 1.165) is 8.04 Å². The number of nitrogens with zero attached hydrogens (tertiary/aromatic N) is 3. The highest BCUT2D eigenvalue weighted by Gasteiger charge is 2.16. The fraction of sp³-hybridized carbons (Fsp3) is 0.100. The van der Waals surface area contributed by atoms with Crippen LogP contribution in [0.25, 0.3) is 0 Å². The number of aromatic nitrogens is 3. The third kappa shape index (κ3) is 2.17. The number of rotatable bonds is 2. The van der Waals surface area contributed by atoms with Crippen molar-refractivity contribution in [2.75, 3.05) is 0 Å². The van der Waals surface area contributed by atoms with E-state index in [2.05, 4.69) is 48.8 Å². The van der Waals surface area contributed by atoms with Crippen molar-refractivity contribution in [1.29, 1.82) is 0 Å². The van der Waals surface area contributed by atoms with E-state index < -0.39 is 0 Å². The average Bonchev–Trinajstić information content (AvgIpc) is 2.67. The van der Waals surface area contributed by atoms with Crippen LogP contribution in [0.3, 0.4) is 0 Å². The Morgan fingerprint density at radius 1 is 1.50 bits per heavy atom. The molecule has 2 rings (SSSR count). The summed E-state index contributed by atoms with van der Waals surface area (Å²) in [6, 6.07) is 5.63. The van der Waals surface area contributed by atoms with E-state index >= 15 is 0 Å². The zero-order valence-electron chi connectivity index (χ0n) is 8.32. The predicted molar refractivity (Wildman–Crippen MR) is 71.3 cm³/mol. The van der Waals surface area contributed by atoms with Gasteiger partial charge in [-0.25, -0.2) is 4.68 Å². The monoisotopic (exact) mass is 391 g/mol. The maximum absolute atomic E-state index is 12.2. The Hall–Kier alpha value is -0.760. The van der Waals surface area contributed by atoms with E-state index in [1.54, 1.807) is 7.05 Å². The molecule has 1 heterocycles. The molecule has 0 bridgehead atoms. The topological polar surface area (TPSA) is 47.8 Å². The summed E-state index contributed by atoms with van der Waals surface area (Å²) in [6.07, 6.45) is 1.47. The molecular weight excluding hydrogens is 385 g/mol. The Morgan fingerprint density at radius 2 is 2.25 bits per heavy atom. The summed E-state index contributed by atoms with van der Waals surface area (Å²) in [4.78, 5) is 12.2. The highest BCUT2D eigenvalue weighted by Crippen LogP contribution is 2.21. The lowest BCUT2D eigenvalue weighted by atomic mass is 10.1. The first kappa shape index (κ1) is 11.7. The standard InChI is InChI=1S/C10H7BrIN3O/c1-15-9(5-13-14-15)10(16)7-4-6(12)2-3-8(7)11/h2-5H,1H3.